The Morgan fingerprint density at radius 3 is 2.86 bits per heavy atom. The maximum Gasteiger partial charge on any atom is 0.140 e. The summed E-state index contributed by atoms with van der Waals surface area (Å²) in [7, 11) is 1.90. The van der Waals surface area contributed by atoms with Crippen LogP contribution in [0.15, 0.2) is 30.7 Å². The number of ether oxygens (including phenoxy) is 1. The largest absolute Gasteiger partial charge is 0.367 e. The molecular formula is C15H17N5O. The standard InChI is InChI=1S/C15H17N5O/c1-15(12-8-18-19(2)10-12)11-20(5-6-21-15)14-4-3-13(7-16)17-9-14/h3-4,8-10H,5-6,11H2,1-2H3/t15-/m0/s1. The summed E-state index contributed by atoms with van der Waals surface area (Å²) in [4.78, 5) is 6.36. The molecule has 0 N–H and O–H groups in total. The van der Waals surface area contributed by atoms with Crippen LogP contribution in [0.4, 0.5) is 5.69 Å². The van der Waals surface area contributed by atoms with Crippen molar-refractivity contribution >= 4 is 5.69 Å². The number of aryl methyl sites for hydroxylation is 1. The highest BCUT2D eigenvalue weighted by molar-refractivity contribution is 5.47. The Balaban J connectivity index is 1.83. The zero-order valence-corrected chi connectivity index (χ0v) is 12.2. The maximum atomic E-state index is 8.82. The second kappa shape index (κ2) is 5.19. The molecule has 0 saturated carbocycles. The number of rotatable bonds is 2. The van der Waals surface area contributed by atoms with Gasteiger partial charge in [-0.2, -0.15) is 10.4 Å². The third-order valence-electron chi connectivity index (χ3n) is 3.82. The lowest BCUT2D eigenvalue weighted by Crippen LogP contribution is -2.48. The molecule has 108 valence electrons. The second-order valence-corrected chi connectivity index (χ2v) is 5.42. The summed E-state index contributed by atoms with van der Waals surface area (Å²) in [6.45, 7) is 4.26. The van der Waals surface area contributed by atoms with E-state index in [9.17, 15) is 0 Å². The van der Waals surface area contributed by atoms with E-state index in [1.54, 1.807) is 16.9 Å². The molecule has 0 spiro atoms. The van der Waals surface area contributed by atoms with Crippen molar-refractivity contribution in [1.29, 1.82) is 5.26 Å². The van der Waals surface area contributed by atoms with E-state index in [0.29, 0.717) is 12.3 Å². The number of morpholine rings is 1. The Labute approximate surface area is 123 Å². The molecular weight excluding hydrogens is 266 g/mol. The molecule has 3 rings (SSSR count). The van der Waals surface area contributed by atoms with Crippen LogP contribution in [0.25, 0.3) is 0 Å². The van der Waals surface area contributed by atoms with Crippen molar-refractivity contribution in [3.8, 4) is 6.07 Å². The van der Waals surface area contributed by atoms with E-state index in [4.69, 9.17) is 10.00 Å². The molecule has 1 fully saturated rings. The average molecular weight is 283 g/mol. The maximum absolute atomic E-state index is 8.82. The minimum absolute atomic E-state index is 0.388. The van der Waals surface area contributed by atoms with Crippen LogP contribution < -0.4 is 4.90 Å². The van der Waals surface area contributed by atoms with Crippen molar-refractivity contribution in [1.82, 2.24) is 14.8 Å². The van der Waals surface area contributed by atoms with Gasteiger partial charge in [-0.05, 0) is 19.1 Å². The monoisotopic (exact) mass is 283 g/mol. The fourth-order valence-corrected chi connectivity index (χ4v) is 2.60. The van der Waals surface area contributed by atoms with E-state index in [-0.39, 0.29) is 5.60 Å². The van der Waals surface area contributed by atoms with Gasteiger partial charge in [-0.1, -0.05) is 0 Å². The van der Waals surface area contributed by atoms with Crippen LogP contribution in [-0.2, 0) is 17.4 Å². The van der Waals surface area contributed by atoms with Gasteiger partial charge in [-0.15, -0.1) is 0 Å². The summed E-state index contributed by atoms with van der Waals surface area (Å²) >= 11 is 0. The first kappa shape index (κ1) is 13.6. The van der Waals surface area contributed by atoms with E-state index in [0.717, 1.165) is 24.3 Å². The third-order valence-corrected chi connectivity index (χ3v) is 3.82. The van der Waals surface area contributed by atoms with Crippen molar-refractivity contribution in [3.63, 3.8) is 0 Å². The Morgan fingerprint density at radius 2 is 2.24 bits per heavy atom. The third kappa shape index (κ3) is 2.60. The van der Waals surface area contributed by atoms with E-state index in [1.165, 1.54) is 0 Å². The summed E-state index contributed by atoms with van der Waals surface area (Å²) < 4.78 is 7.78. The molecule has 1 aliphatic heterocycles. The smallest absolute Gasteiger partial charge is 0.140 e. The number of hydrogen-bond acceptors (Lipinski definition) is 5. The van der Waals surface area contributed by atoms with Gasteiger partial charge >= 0.3 is 0 Å². The molecule has 21 heavy (non-hydrogen) atoms. The zero-order chi connectivity index (χ0) is 14.9. The van der Waals surface area contributed by atoms with E-state index >= 15 is 0 Å². The second-order valence-electron chi connectivity index (χ2n) is 5.42. The van der Waals surface area contributed by atoms with E-state index in [2.05, 4.69) is 21.9 Å². The molecule has 0 aromatic carbocycles. The molecule has 0 aliphatic carbocycles. The summed E-state index contributed by atoms with van der Waals surface area (Å²) in [5, 5.41) is 13.0. The first-order valence-corrected chi connectivity index (χ1v) is 6.85. The lowest BCUT2D eigenvalue weighted by atomic mass is 9.96. The number of anilines is 1. The first-order chi connectivity index (χ1) is 10.1. The lowest BCUT2D eigenvalue weighted by Gasteiger charge is -2.41. The quantitative estimate of drug-likeness (QED) is 0.834. The van der Waals surface area contributed by atoms with Gasteiger partial charge in [0, 0.05) is 25.4 Å². The van der Waals surface area contributed by atoms with E-state index in [1.807, 2.05) is 31.6 Å². The molecule has 0 unspecified atom stereocenters. The molecule has 1 atom stereocenters. The van der Waals surface area contributed by atoms with Crippen LogP contribution in [0.2, 0.25) is 0 Å². The zero-order valence-electron chi connectivity index (χ0n) is 12.2. The van der Waals surface area contributed by atoms with Crippen molar-refractivity contribution in [2.45, 2.75) is 12.5 Å². The number of nitrogens with zero attached hydrogens (tertiary/aromatic N) is 5. The SMILES string of the molecule is Cn1cc([C@]2(C)CN(c3ccc(C#N)nc3)CCO2)cn1. The fourth-order valence-electron chi connectivity index (χ4n) is 2.60. The molecule has 2 aromatic rings. The van der Waals surface area contributed by atoms with Crippen molar-refractivity contribution < 1.29 is 4.74 Å². The normalized spacial score (nSPS) is 22.0. The molecule has 1 saturated heterocycles. The van der Waals surface area contributed by atoms with Gasteiger partial charge in [0.15, 0.2) is 0 Å². The van der Waals surface area contributed by atoms with Gasteiger partial charge in [-0.25, -0.2) is 4.98 Å². The topological polar surface area (TPSA) is 67.0 Å². The van der Waals surface area contributed by atoms with Crippen LogP contribution in [0, 0.1) is 11.3 Å². The summed E-state index contributed by atoms with van der Waals surface area (Å²) in [6.07, 6.45) is 5.58. The molecule has 0 radical (unpaired) electrons. The molecule has 6 nitrogen and oxygen atoms in total. The predicted octanol–water partition coefficient (Wildman–Crippen LogP) is 1.44. The van der Waals surface area contributed by atoms with Gasteiger partial charge < -0.3 is 9.64 Å². The highest BCUT2D eigenvalue weighted by Crippen LogP contribution is 2.31. The van der Waals surface area contributed by atoms with Crippen molar-refractivity contribution in [3.05, 3.63) is 42.0 Å². The summed E-state index contributed by atoms with van der Waals surface area (Å²) in [5.41, 5.74) is 2.12. The van der Waals surface area contributed by atoms with Crippen LogP contribution in [0.1, 0.15) is 18.2 Å². The first-order valence-electron chi connectivity index (χ1n) is 6.85. The number of nitriles is 1. The average Bonchev–Trinajstić information content (AvgIpc) is 2.95. The highest BCUT2D eigenvalue weighted by Gasteiger charge is 2.35. The Morgan fingerprint density at radius 1 is 1.38 bits per heavy atom. The Bertz CT molecular complexity index is 672. The van der Waals surface area contributed by atoms with Crippen LogP contribution in [0.3, 0.4) is 0 Å². The number of pyridine rings is 1. The van der Waals surface area contributed by atoms with Crippen molar-refractivity contribution in [2.75, 3.05) is 24.6 Å². The minimum Gasteiger partial charge on any atom is -0.367 e. The lowest BCUT2D eigenvalue weighted by molar-refractivity contribution is -0.0466. The highest BCUT2D eigenvalue weighted by atomic mass is 16.5. The molecule has 6 heteroatoms. The fraction of sp³-hybridized carbons (Fsp3) is 0.400. The minimum atomic E-state index is -0.388. The van der Waals surface area contributed by atoms with Crippen LogP contribution >= 0.6 is 0 Å². The van der Waals surface area contributed by atoms with Gasteiger partial charge in [-0.3, -0.25) is 4.68 Å². The molecule has 1 aliphatic rings. The van der Waals surface area contributed by atoms with Gasteiger partial charge in [0.1, 0.15) is 17.4 Å². The molecule has 2 aromatic heterocycles. The van der Waals surface area contributed by atoms with Gasteiger partial charge in [0.05, 0.1) is 31.2 Å². The molecule has 0 amide bonds. The predicted molar refractivity (Wildman–Crippen MR) is 77.7 cm³/mol. The van der Waals surface area contributed by atoms with Gasteiger partial charge in [0.2, 0.25) is 0 Å². The van der Waals surface area contributed by atoms with Crippen molar-refractivity contribution in [2.24, 2.45) is 7.05 Å². The Kier molecular flexibility index (Phi) is 3.35. The van der Waals surface area contributed by atoms with E-state index < -0.39 is 0 Å². The summed E-state index contributed by atoms with van der Waals surface area (Å²) in [5.74, 6) is 0. The van der Waals surface area contributed by atoms with Gasteiger partial charge in [0.25, 0.3) is 0 Å². The molecule has 0 bridgehead atoms. The molecule has 3 heterocycles. The van der Waals surface area contributed by atoms with Crippen LogP contribution in [-0.4, -0.2) is 34.5 Å². The summed E-state index contributed by atoms with van der Waals surface area (Å²) in [6, 6.07) is 5.71. The number of hydrogen-bond donors (Lipinski definition) is 0. The van der Waals surface area contributed by atoms with Crippen LogP contribution in [0.5, 0.6) is 0 Å². The Hall–Kier alpha value is -2.39. The number of aromatic nitrogens is 3.